The highest BCUT2D eigenvalue weighted by molar-refractivity contribution is 5.94. The molecule has 4 nitrogen and oxygen atoms in total. The Hall–Kier alpha value is -1.55. The first-order valence-corrected chi connectivity index (χ1v) is 7.99. The maximum atomic E-state index is 12.1. The lowest BCUT2D eigenvalue weighted by atomic mass is 9.97. The first kappa shape index (κ1) is 15.8. The summed E-state index contributed by atoms with van der Waals surface area (Å²) in [7, 11) is 2.16. The first-order chi connectivity index (χ1) is 10.2. The summed E-state index contributed by atoms with van der Waals surface area (Å²) in [4.78, 5) is 14.5. The van der Waals surface area contributed by atoms with Crippen LogP contribution in [0.25, 0.3) is 0 Å². The van der Waals surface area contributed by atoms with Crippen LogP contribution in [0, 0.1) is 5.92 Å². The normalized spacial score (nSPS) is 16.7. The molecule has 2 N–H and O–H groups in total. The van der Waals surface area contributed by atoms with Crippen molar-refractivity contribution in [1.82, 2.24) is 10.2 Å². The molecular weight excluding hydrogens is 262 g/mol. The Bertz CT molecular complexity index is 436. The van der Waals surface area contributed by atoms with Crippen molar-refractivity contribution in [2.45, 2.75) is 26.2 Å². The van der Waals surface area contributed by atoms with Crippen molar-refractivity contribution in [3.63, 3.8) is 0 Å². The number of rotatable bonds is 6. The predicted molar refractivity (Wildman–Crippen MR) is 87.8 cm³/mol. The molecule has 0 atom stereocenters. The second-order valence-corrected chi connectivity index (χ2v) is 5.96. The van der Waals surface area contributed by atoms with Crippen molar-refractivity contribution in [2.24, 2.45) is 5.92 Å². The van der Waals surface area contributed by atoms with Crippen LogP contribution in [0.1, 0.15) is 36.5 Å². The number of nitrogens with one attached hydrogen (secondary N) is 2. The van der Waals surface area contributed by atoms with Gasteiger partial charge >= 0.3 is 0 Å². The van der Waals surface area contributed by atoms with E-state index in [2.05, 4.69) is 29.5 Å². The topological polar surface area (TPSA) is 44.4 Å². The lowest BCUT2D eigenvalue weighted by molar-refractivity contribution is 0.0939. The third kappa shape index (κ3) is 5.05. The summed E-state index contributed by atoms with van der Waals surface area (Å²) >= 11 is 0. The van der Waals surface area contributed by atoms with Gasteiger partial charge in [-0.05, 0) is 69.6 Å². The number of anilines is 1. The van der Waals surface area contributed by atoms with Gasteiger partial charge in [-0.25, -0.2) is 0 Å². The molecule has 2 rings (SSSR count). The summed E-state index contributed by atoms with van der Waals surface area (Å²) in [5.41, 5.74) is 1.81. The van der Waals surface area contributed by atoms with Crippen LogP contribution in [-0.2, 0) is 0 Å². The third-order valence-corrected chi connectivity index (χ3v) is 4.12. The van der Waals surface area contributed by atoms with Gasteiger partial charge in [-0.1, -0.05) is 6.92 Å². The molecule has 1 heterocycles. The number of benzene rings is 1. The van der Waals surface area contributed by atoms with Crippen molar-refractivity contribution in [1.29, 1.82) is 0 Å². The van der Waals surface area contributed by atoms with Crippen LogP contribution in [0.4, 0.5) is 5.69 Å². The maximum Gasteiger partial charge on any atom is 0.251 e. The Morgan fingerprint density at radius 2 is 1.90 bits per heavy atom. The zero-order valence-corrected chi connectivity index (χ0v) is 13.2. The Morgan fingerprint density at radius 3 is 2.52 bits per heavy atom. The summed E-state index contributed by atoms with van der Waals surface area (Å²) in [6, 6.07) is 7.73. The van der Waals surface area contributed by atoms with Gasteiger partial charge in [0.05, 0.1) is 0 Å². The molecule has 1 amide bonds. The first-order valence-electron chi connectivity index (χ1n) is 7.99. The second-order valence-electron chi connectivity index (χ2n) is 5.96. The Morgan fingerprint density at radius 1 is 1.24 bits per heavy atom. The number of carbonyl (C=O) groups is 1. The minimum atomic E-state index is 0.0379. The average Bonchev–Trinajstić information content (AvgIpc) is 2.52. The van der Waals surface area contributed by atoms with Gasteiger partial charge in [0.25, 0.3) is 5.91 Å². The Kier molecular flexibility index (Phi) is 6.05. The fourth-order valence-electron chi connectivity index (χ4n) is 2.61. The number of piperidine rings is 1. The fourth-order valence-corrected chi connectivity index (χ4v) is 2.61. The van der Waals surface area contributed by atoms with E-state index in [4.69, 9.17) is 0 Å². The van der Waals surface area contributed by atoms with E-state index in [0.717, 1.165) is 43.9 Å². The number of amides is 1. The summed E-state index contributed by atoms with van der Waals surface area (Å²) in [5.74, 6) is 0.659. The van der Waals surface area contributed by atoms with Crippen LogP contribution < -0.4 is 10.6 Å². The van der Waals surface area contributed by atoms with E-state index < -0.39 is 0 Å². The average molecular weight is 289 g/mol. The van der Waals surface area contributed by atoms with Crippen LogP contribution in [0.5, 0.6) is 0 Å². The van der Waals surface area contributed by atoms with E-state index in [1.54, 1.807) is 0 Å². The minimum Gasteiger partial charge on any atom is -0.385 e. The van der Waals surface area contributed by atoms with Gasteiger partial charge in [0.2, 0.25) is 0 Å². The molecule has 1 saturated heterocycles. The molecule has 1 fully saturated rings. The molecule has 21 heavy (non-hydrogen) atoms. The fraction of sp³-hybridized carbons (Fsp3) is 0.588. The molecule has 0 aliphatic carbocycles. The van der Waals surface area contributed by atoms with Gasteiger partial charge in [-0.3, -0.25) is 4.79 Å². The third-order valence-electron chi connectivity index (χ3n) is 4.12. The molecule has 0 saturated carbocycles. The zero-order valence-electron chi connectivity index (χ0n) is 13.2. The minimum absolute atomic E-state index is 0.0379. The molecule has 1 aliphatic heterocycles. The maximum absolute atomic E-state index is 12.1. The molecule has 0 radical (unpaired) electrons. The second kappa shape index (κ2) is 8.03. The van der Waals surface area contributed by atoms with Crippen LogP contribution in [0.2, 0.25) is 0 Å². The quantitative estimate of drug-likeness (QED) is 0.846. The van der Waals surface area contributed by atoms with Crippen molar-refractivity contribution in [3.8, 4) is 0 Å². The van der Waals surface area contributed by atoms with E-state index in [1.807, 2.05) is 24.3 Å². The van der Waals surface area contributed by atoms with E-state index in [1.165, 1.54) is 12.8 Å². The molecule has 1 aromatic rings. The smallest absolute Gasteiger partial charge is 0.251 e. The number of carbonyl (C=O) groups excluding carboxylic acids is 1. The summed E-state index contributed by atoms with van der Waals surface area (Å²) in [6.07, 6.45) is 3.45. The van der Waals surface area contributed by atoms with E-state index in [-0.39, 0.29) is 5.91 Å². The van der Waals surface area contributed by atoms with Gasteiger partial charge in [-0.15, -0.1) is 0 Å². The molecule has 116 valence electrons. The van der Waals surface area contributed by atoms with Crippen LogP contribution >= 0.6 is 0 Å². The molecule has 4 heteroatoms. The molecule has 0 unspecified atom stereocenters. The van der Waals surface area contributed by atoms with Crippen molar-refractivity contribution >= 4 is 11.6 Å². The lowest BCUT2D eigenvalue weighted by Crippen LogP contribution is -2.36. The predicted octanol–water partition coefficient (Wildman–Crippen LogP) is 2.58. The molecule has 0 bridgehead atoms. The van der Waals surface area contributed by atoms with Crippen molar-refractivity contribution < 1.29 is 4.79 Å². The highest BCUT2D eigenvalue weighted by Crippen LogP contribution is 2.15. The van der Waals surface area contributed by atoms with E-state index in [9.17, 15) is 4.79 Å². The van der Waals surface area contributed by atoms with Gasteiger partial charge < -0.3 is 15.5 Å². The Balaban J connectivity index is 1.77. The number of hydrogen-bond acceptors (Lipinski definition) is 3. The van der Waals surface area contributed by atoms with Gasteiger partial charge in [-0.2, -0.15) is 0 Å². The summed E-state index contributed by atoms with van der Waals surface area (Å²) < 4.78 is 0. The zero-order chi connectivity index (χ0) is 15.1. The number of nitrogens with zero attached hydrogens (tertiary/aromatic N) is 1. The van der Waals surface area contributed by atoms with Crippen LogP contribution in [0.15, 0.2) is 24.3 Å². The number of hydrogen-bond donors (Lipinski definition) is 2. The SMILES string of the molecule is CCCNc1ccc(C(=O)NCC2CCN(C)CC2)cc1. The molecule has 0 aromatic heterocycles. The largest absolute Gasteiger partial charge is 0.385 e. The van der Waals surface area contributed by atoms with E-state index >= 15 is 0 Å². The van der Waals surface area contributed by atoms with E-state index in [0.29, 0.717) is 5.92 Å². The summed E-state index contributed by atoms with van der Waals surface area (Å²) in [6.45, 7) is 6.17. The highest BCUT2D eigenvalue weighted by atomic mass is 16.1. The molecule has 1 aliphatic rings. The van der Waals surface area contributed by atoms with Crippen molar-refractivity contribution in [2.75, 3.05) is 38.5 Å². The summed E-state index contributed by atoms with van der Waals surface area (Å²) in [5, 5.41) is 6.38. The highest BCUT2D eigenvalue weighted by Gasteiger charge is 2.17. The number of likely N-dealkylation sites (tertiary alicyclic amines) is 1. The standard InChI is InChI=1S/C17H27N3O/c1-3-10-18-16-6-4-15(5-7-16)17(21)19-13-14-8-11-20(2)12-9-14/h4-7,14,18H,3,8-13H2,1-2H3,(H,19,21). The van der Waals surface area contributed by atoms with Crippen molar-refractivity contribution in [3.05, 3.63) is 29.8 Å². The lowest BCUT2D eigenvalue weighted by Gasteiger charge is -2.28. The molecular formula is C17H27N3O. The molecule has 1 aromatic carbocycles. The van der Waals surface area contributed by atoms with Gasteiger partial charge in [0, 0.05) is 24.3 Å². The van der Waals surface area contributed by atoms with Gasteiger partial charge in [0.1, 0.15) is 0 Å². The monoisotopic (exact) mass is 289 g/mol. The molecule has 0 spiro atoms. The van der Waals surface area contributed by atoms with Gasteiger partial charge in [0.15, 0.2) is 0 Å². The van der Waals surface area contributed by atoms with Crippen LogP contribution in [0.3, 0.4) is 0 Å². The Labute approximate surface area is 127 Å². The van der Waals surface area contributed by atoms with Crippen LogP contribution in [-0.4, -0.2) is 44.0 Å².